The number of rotatable bonds is 2. The molecule has 0 saturated heterocycles. The average molecular weight is 399 g/mol. The van der Waals surface area contributed by atoms with Crippen LogP contribution < -0.4 is 0 Å². The SMILES string of the molecule is Fc1cc(F)c(-c2ccn3nc(C(F)(F)F)c(-c4cccs4)c3n2)cc1F. The van der Waals surface area contributed by atoms with Crippen LogP contribution in [0.15, 0.2) is 41.9 Å². The minimum atomic E-state index is -4.74. The second-order valence-corrected chi connectivity index (χ2v) is 6.47. The van der Waals surface area contributed by atoms with Crippen LogP contribution in [0.4, 0.5) is 26.3 Å². The molecule has 10 heteroatoms. The highest BCUT2D eigenvalue weighted by atomic mass is 32.1. The van der Waals surface area contributed by atoms with Gasteiger partial charge in [0.25, 0.3) is 0 Å². The summed E-state index contributed by atoms with van der Waals surface area (Å²) in [4.78, 5) is 4.32. The second kappa shape index (κ2) is 6.08. The highest BCUT2D eigenvalue weighted by molar-refractivity contribution is 7.13. The topological polar surface area (TPSA) is 30.2 Å². The molecule has 0 aliphatic rings. The Morgan fingerprint density at radius 3 is 2.37 bits per heavy atom. The van der Waals surface area contributed by atoms with Crippen LogP contribution in [0.1, 0.15) is 5.69 Å². The van der Waals surface area contributed by atoms with E-state index in [2.05, 4.69) is 10.1 Å². The molecule has 0 amide bonds. The molecule has 3 heterocycles. The van der Waals surface area contributed by atoms with Crippen molar-refractivity contribution in [2.24, 2.45) is 0 Å². The molecule has 0 radical (unpaired) electrons. The fourth-order valence-corrected chi connectivity index (χ4v) is 3.41. The summed E-state index contributed by atoms with van der Waals surface area (Å²) >= 11 is 1.06. The van der Waals surface area contributed by atoms with Gasteiger partial charge in [0.05, 0.1) is 11.3 Å². The van der Waals surface area contributed by atoms with Crippen molar-refractivity contribution in [2.45, 2.75) is 6.18 Å². The fraction of sp³-hybridized carbons (Fsp3) is 0.0588. The van der Waals surface area contributed by atoms with Gasteiger partial charge < -0.3 is 0 Å². The normalized spacial score (nSPS) is 12.1. The molecule has 0 aliphatic carbocycles. The summed E-state index contributed by atoms with van der Waals surface area (Å²) in [6.45, 7) is 0. The number of halogens is 6. The molecule has 0 fully saturated rings. The van der Waals surface area contributed by atoms with E-state index < -0.39 is 29.3 Å². The molecule has 0 saturated carbocycles. The predicted octanol–water partition coefficient (Wildman–Crippen LogP) is 5.56. The summed E-state index contributed by atoms with van der Waals surface area (Å²) in [5.41, 5.74) is -2.09. The van der Waals surface area contributed by atoms with Gasteiger partial charge in [-0.1, -0.05) is 6.07 Å². The summed E-state index contributed by atoms with van der Waals surface area (Å²) < 4.78 is 81.8. The minimum absolute atomic E-state index is 0.148. The van der Waals surface area contributed by atoms with E-state index in [-0.39, 0.29) is 27.3 Å². The van der Waals surface area contributed by atoms with E-state index in [0.29, 0.717) is 12.1 Å². The maximum absolute atomic E-state index is 14.0. The van der Waals surface area contributed by atoms with Crippen molar-refractivity contribution in [1.82, 2.24) is 14.6 Å². The predicted molar refractivity (Wildman–Crippen MR) is 86.6 cm³/mol. The highest BCUT2D eigenvalue weighted by Crippen LogP contribution is 2.40. The molecule has 0 N–H and O–H groups in total. The van der Waals surface area contributed by atoms with Gasteiger partial charge in [0.2, 0.25) is 0 Å². The molecule has 138 valence electrons. The molecule has 3 aromatic heterocycles. The van der Waals surface area contributed by atoms with Crippen molar-refractivity contribution in [3.63, 3.8) is 0 Å². The van der Waals surface area contributed by atoms with Gasteiger partial charge in [-0.3, -0.25) is 0 Å². The molecule has 0 aliphatic heterocycles. The van der Waals surface area contributed by atoms with E-state index in [1.807, 2.05) is 0 Å². The van der Waals surface area contributed by atoms with Crippen LogP contribution in [0, 0.1) is 17.5 Å². The van der Waals surface area contributed by atoms with Crippen LogP contribution in [0.25, 0.3) is 27.3 Å². The monoisotopic (exact) mass is 399 g/mol. The van der Waals surface area contributed by atoms with E-state index in [9.17, 15) is 26.3 Å². The molecule has 1 aromatic carbocycles. The number of aromatic nitrogens is 3. The number of hydrogen-bond acceptors (Lipinski definition) is 3. The first-order valence-electron chi connectivity index (χ1n) is 7.41. The lowest BCUT2D eigenvalue weighted by atomic mass is 10.1. The highest BCUT2D eigenvalue weighted by Gasteiger charge is 2.39. The van der Waals surface area contributed by atoms with Crippen molar-refractivity contribution in [1.29, 1.82) is 0 Å². The zero-order valence-corrected chi connectivity index (χ0v) is 13.9. The number of nitrogens with zero attached hydrogens (tertiary/aromatic N) is 3. The summed E-state index contributed by atoms with van der Waals surface area (Å²) in [5, 5.41) is 5.13. The van der Waals surface area contributed by atoms with E-state index in [0.717, 1.165) is 22.0 Å². The smallest absolute Gasteiger partial charge is 0.228 e. The molecular formula is C17H7F6N3S. The van der Waals surface area contributed by atoms with Crippen molar-refractivity contribution in [3.8, 4) is 21.7 Å². The first-order valence-corrected chi connectivity index (χ1v) is 8.29. The van der Waals surface area contributed by atoms with Crippen LogP contribution in [-0.2, 0) is 6.18 Å². The van der Waals surface area contributed by atoms with E-state index in [1.54, 1.807) is 11.4 Å². The number of hydrogen-bond donors (Lipinski definition) is 0. The van der Waals surface area contributed by atoms with Gasteiger partial charge in [-0.15, -0.1) is 11.3 Å². The molecule has 0 bridgehead atoms. The molecule has 0 spiro atoms. The molecule has 4 aromatic rings. The largest absolute Gasteiger partial charge is 0.435 e. The maximum Gasteiger partial charge on any atom is 0.435 e. The van der Waals surface area contributed by atoms with E-state index in [4.69, 9.17) is 0 Å². The Kier molecular flexibility index (Phi) is 3.95. The minimum Gasteiger partial charge on any atom is -0.228 e. The average Bonchev–Trinajstić information content (AvgIpc) is 3.23. The van der Waals surface area contributed by atoms with Gasteiger partial charge in [-0.05, 0) is 23.6 Å². The van der Waals surface area contributed by atoms with Gasteiger partial charge in [0.15, 0.2) is 23.0 Å². The maximum atomic E-state index is 14.0. The van der Waals surface area contributed by atoms with Gasteiger partial charge >= 0.3 is 6.18 Å². The zero-order chi connectivity index (χ0) is 19.3. The van der Waals surface area contributed by atoms with Crippen molar-refractivity contribution in [3.05, 3.63) is 65.1 Å². The van der Waals surface area contributed by atoms with E-state index in [1.165, 1.54) is 12.1 Å². The van der Waals surface area contributed by atoms with Crippen LogP contribution in [0.5, 0.6) is 0 Å². The number of fused-ring (bicyclic) bond motifs is 1. The van der Waals surface area contributed by atoms with Crippen molar-refractivity contribution in [2.75, 3.05) is 0 Å². The Balaban J connectivity index is 2.00. The molecular weight excluding hydrogens is 392 g/mol. The molecule has 0 atom stereocenters. The summed E-state index contributed by atoms with van der Waals surface area (Å²) in [5.74, 6) is -3.75. The molecule has 0 unspecified atom stereocenters. The van der Waals surface area contributed by atoms with Crippen LogP contribution >= 0.6 is 11.3 Å². The Morgan fingerprint density at radius 1 is 0.963 bits per heavy atom. The Hall–Kier alpha value is -2.88. The lowest BCUT2D eigenvalue weighted by Gasteiger charge is -2.06. The lowest BCUT2D eigenvalue weighted by Crippen LogP contribution is -2.07. The third-order valence-corrected chi connectivity index (χ3v) is 4.69. The molecule has 27 heavy (non-hydrogen) atoms. The third kappa shape index (κ3) is 2.95. The summed E-state index contributed by atoms with van der Waals surface area (Å²) in [6.07, 6.45) is -3.58. The Morgan fingerprint density at radius 2 is 1.70 bits per heavy atom. The van der Waals surface area contributed by atoms with Gasteiger partial charge in [-0.25, -0.2) is 22.7 Å². The quantitative estimate of drug-likeness (QED) is 0.326. The van der Waals surface area contributed by atoms with Crippen LogP contribution in [0.2, 0.25) is 0 Å². The van der Waals surface area contributed by atoms with Gasteiger partial charge in [0.1, 0.15) is 5.82 Å². The van der Waals surface area contributed by atoms with Crippen molar-refractivity contribution < 1.29 is 26.3 Å². The summed E-state index contributed by atoms with van der Waals surface area (Å²) in [7, 11) is 0. The first-order chi connectivity index (χ1) is 12.8. The third-order valence-electron chi connectivity index (χ3n) is 3.81. The lowest BCUT2D eigenvalue weighted by molar-refractivity contribution is -0.140. The Labute approximate surface area is 151 Å². The molecule has 4 rings (SSSR count). The van der Waals surface area contributed by atoms with E-state index >= 15 is 0 Å². The summed E-state index contributed by atoms with van der Waals surface area (Å²) in [6, 6.07) is 5.18. The van der Waals surface area contributed by atoms with Crippen LogP contribution in [0.3, 0.4) is 0 Å². The fourth-order valence-electron chi connectivity index (χ4n) is 2.64. The number of alkyl halides is 3. The number of benzene rings is 1. The standard InChI is InChI=1S/C17H7F6N3S/c18-9-7-11(20)10(19)6-8(9)12-3-4-26-16(24-12)14(13-2-1-5-27-13)15(25-26)17(21,22)23/h1-7H. The number of thiophene rings is 1. The Bertz CT molecular complexity index is 1150. The second-order valence-electron chi connectivity index (χ2n) is 5.53. The first kappa shape index (κ1) is 17.5. The van der Waals surface area contributed by atoms with Crippen LogP contribution in [-0.4, -0.2) is 14.6 Å². The zero-order valence-electron chi connectivity index (χ0n) is 13.1. The van der Waals surface area contributed by atoms with Gasteiger partial charge in [-0.2, -0.15) is 18.3 Å². The molecule has 3 nitrogen and oxygen atoms in total. The van der Waals surface area contributed by atoms with Crippen molar-refractivity contribution >= 4 is 17.0 Å². The van der Waals surface area contributed by atoms with Gasteiger partial charge in [0, 0.05) is 22.7 Å².